The van der Waals surface area contributed by atoms with Crippen molar-refractivity contribution in [1.82, 2.24) is 4.98 Å². The van der Waals surface area contributed by atoms with Crippen LogP contribution >= 0.6 is 15.9 Å². The van der Waals surface area contributed by atoms with Crippen molar-refractivity contribution in [1.29, 1.82) is 0 Å². The summed E-state index contributed by atoms with van der Waals surface area (Å²) in [5.41, 5.74) is 7.76. The number of aromatic nitrogens is 1. The first kappa shape index (κ1) is 8.51. The van der Waals surface area contributed by atoms with Gasteiger partial charge in [-0.05, 0) is 23.8 Å². The summed E-state index contributed by atoms with van der Waals surface area (Å²) in [7, 11) is 0. The van der Waals surface area contributed by atoms with Crippen molar-refractivity contribution in [3.63, 3.8) is 0 Å². The van der Waals surface area contributed by atoms with Crippen molar-refractivity contribution in [3.05, 3.63) is 35.9 Å². The van der Waals surface area contributed by atoms with Crippen LogP contribution < -0.4 is 5.73 Å². The largest absolute Gasteiger partial charge is 0.384 e. The molecule has 2 aromatic rings. The molecule has 1 aromatic carbocycles. The van der Waals surface area contributed by atoms with Gasteiger partial charge in [0.2, 0.25) is 0 Å². The van der Waals surface area contributed by atoms with E-state index in [1.54, 1.807) is 0 Å². The lowest BCUT2D eigenvalue weighted by molar-refractivity contribution is 1.38. The molecule has 13 heavy (non-hydrogen) atoms. The Kier molecular flexibility index (Phi) is 2.19. The van der Waals surface area contributed by atoms with Crippen LogP contribution in [0.2, 0.25) is 0 Å². The minimum absolute atomic E-state index is 0.569. The van der Waals surface area contributed by atoms with Crippen LogP contribution in [-0.4, -0.2) is 4.98 Å². The molecule has 0 saturated carbocycles. The fourth-order valence-corrected chi connectivity index (χ4v) is 1.61. The van der Waals surface area contributed by atoms with E-state index in [1.165, 1.54) is 5.56 Å². The Labute approximate surface area is 84.9 Å². The third-order valence-corrected chi connectivity index (χ3v) is 2.58. The minimum Gasteiger partial charge on any atom is -0.384 e. The van der Waals surface area contributed by atoms with E-state index in [0.717, 1.165) is 16.2 Å². The van der Waals surface area contributed by atoms with Gasteiger partial charge in [0.1, 0.15) is 5.82 Å². The predicted octanol–water partition coefficient (Wildman–Crippen LogP) is 2.71. The molecule has 3 heteroatoms. The van der Waals surface area contributed by atoms with Crippen LogP contribution in [0.5, 0.6) is 0 Å². The highest BCUT2D eigenvalue weighted by Gasteiger charge is 1.96. The number of halogens is 1. The summed E-state index contributed by atoms with van der Waals surface area (Å²) in [6.07, 6.45) is 0. The number of nitrogen functional groups attached to an aromatic ring is 1. The summed E-state index contributed by atoms with van der Waals surface area (Å²) in [6.45, 7) is 0. The van der Waals surface area contributed by atoms with E-state index < -0.39 is 0 Å². The molecule has 0 aliphatic heterocycles. The van der Waals surface area contributed by atoms with Crippen LogP contribution in [-0.2, 0) is 5.33 Å². The van der Waals surface area contributed by atoms with Gasteiger partial charge in [0.15, 0.2) is 0 Å². The number of hydrogen-bond donors (Lipinski definition) is 1. The summed E-state index contributed by atoms with van der Waals surface area (Å²) in [5, 5.41) is 1.97. The Balaban J connectivity index is 2.68. The summed E-state index contributed by atoms with van der Waals surface area (Å²) in [6, 6.07) is 9.97. The summed E-state index contributed by atoms with van der Waals surface area (Å²) in [4.78, 5) is 4.24. The normalized spacial score (nSPS) is 10.5. The number of benzene rings is 1. The van der Waals surface area contributed by atoms with Gasteiger partial charge in [-0.2, -0.15) is 0 Å². The lowest BCUT2D eigenvalue weighted by Gasteiger charge is -2.00. The monoisotopic (exact) mass is 236 g/mol. The smallest absolute Gasteiger partial charge is 0.124 e. The van der Waals surface area contributed by atoms with E-state index in [1.807, 2.05) is 18.2 Å². The second-order valence-electron chi connectivity index (χ2n) is 2.90. The van der Waals surface area contributed by atoms with Gasteiger partial charge in [0.25, 0.3) is 0 Å². The van der Waals surface area contributed by atoms with Crippen molar-refractivity contribution < 1.29 is 0 Å². The molecule has 1 heterocycles. The molecule has 0 spiro atoms. The maximum atomic E-state index is 5.59. The zero-order valence-electron chi connectivity index (χ0n) is 7.00. The Morgan fingerprint density at radius 3 is 2.77 bits per heavy atom. The standard InChI is InChI=1S/C10H9BrN2/c11-6-7-1-2-8-3-4-10(12)13-9(8)5-7/h1-5H,6H2,(H2,12,13). The number of rotatable bonds is 1. The van der Waals surface area contributed by atoms with Crippen LogP contribution in [0.15, 0.2) is 30.3 Å². The van der Waals surface area contributed by atoms with Crippen LogP contribution in [0, 0.1) is 0 Å². The van der Waals surface area contributed by atoms with Gasteiger partial charge in [-0.15, -0.1) is 0 Å². The summed E-state index contributed by atoms with van der Waals surface area (Å²) < 4.78 is 0. The molecule has 0 saturated heterocycles. The molecule has 66 valence electrons. The van der Waals surface area contributed by atoms with Gasteiger partial charge in [0, 0.05) is 10.7 Å². The molecule has 0 bridgehead atoms. The number of alkyl halides is 1. The summed E-state index contributed by atoms with van der Waals surface area (Å²) in [5.74, 6) is 0.569. The SMILES string of the molecule is Nc1ccc2ccc(CBr)cc2n1. The van der Waals surface area contributed by atoms with E-state index in [0.29, 0.717) is 5.82 Å². The van der Waals surface area contributed by atoms with Gasteiger partial charge in [-0.3, -0.25) is 0 Å². The highest BCUT2D eigenvalue weighted by Crippen LogP contribution is 2.16. The lowest BCUT2D eigenvalue weighted by atomic mass is 10.1. The zero-order valence-corrected chi connectivity index (χ0v) is 8.58. The third-order valence-electron chi connectivity index (χ3n) is 1.93. The Hall–Kier alpha value is -1.09. The van der Waals surface area contributed by atoms with Gasteiger partial charge in [0.05, 0.1) is 5.52 Å². The third kappa shape index (κ3) is 1.65. The highest BCUT2D eigenvalue weighted by atomic mass is 79.9. The van der Waals surface area contributed by atoms with E-state index in [2.05, 4.69) is 33.0 Å². The van der Waals surface area contributed by atoms with Crippen molar-refractivity contribution in [2.24, 2.45) is 0 Å². The van der Waals surface area contributed by atoms with Gasteiger partial charge in [-0.1, -0.05) is 28.1 Å². The minimum atomic E-state index is 0.569. The second kappa shape index (κ2) is 3.34. The first-order chi connectivity index (χ1) is 6.29. The molecule has 0 radical (unpaired) electrons. The van der Waals surface area contributed by atoms with E-state index >= 15 is 0 Å². The highest BCUT2D eigenvalue weighted by molar-refractivity contribution is 9.08. The number of nitrogens with zero attached hydrogens (tertiary/aromatic N) is 1. The molecule has 2 N–H and O–H groups in total. The van der Waals surface area contributed by atoms with Gasteiger partial charge >= 0.3 is 0 Å². The first-order valence-corrected chi connectivity index (χ1v) is 5.13. The first-order valence-electron chi connectivity index (χ1n) is 4.01. The van der Waals surface area contributed by atoms with Crippen molar-refractivity contribution >= 4 is 32.7 Å². The molecule has 0 unspecified atom stereocenters. The fraction of sp³-hybridized carbons (Fsp3) is 0.100. The van der Waals surface area contributed by atoms with Crippen LogP contribution in [0.4, 0.5) is 5.82 Å². The van der Waals surface area contributed by atoms with Crippen LogP contribution in [0.1, 0.15) is 5.56 Å². The van der Waals surface area contributed by atoms with Crippen LogP contribution in [0.25, 0.3) is 10.9 Å². The van der Waals surface area contributed by atoms with Gasteiger partial charge in [-0.25, -0.2) is 4.98 Å². The number of fused-ring (bicyclic) bond motifs is 1. The second-order valence-corrected chi connectivity index (χ2v) is 3.46. The maximum absolute atomic E-state index is 5.59. The lowest BCUT2D eigenvalue weighted by Crippen LogP contribution is -1.90. The average molecular weight is 237 g/mol. The molecule has 2 nitrogen and oxygen atoms in total. The van der Waals surface area contributed by atoms with Crippen molar-refractivity contribution in [2.75, 3.05) is 5.73 Å². The average Bonchev–Trinajstić information content (AvgIpc) is 2.16. The number of hydrogen-bond acceptors (Lipinski definition) is 2. The molecular weight excluding hydrogens is 228 g/mol. The molecule has 0 atom stereocenters. The van der Waals surface area contributed by atoms with Crippen molar-refractivity contribution in [3.8, 4) is 0 Å². The Morgan fingerprint density at radius 2 is 2.00 bits per heavy atom. The Morgan fingerprint density at radius 1 is 1.23 bits per heavy atom. The number of nitrogens with two attached hydrogens (primary N) is 1. The fourth-order valence-electron chi connectivity index (χ4n) is 1.26. The van der Waals surface area contributed by atoms with E-state index in [4.69, 9.17) is 5.73 Å². The number of anilines is 1. The molecule has 0 aliphatic rings. The van der Waals surface area contributed by atoms with E-state index in [9.17, 15) is 0 Å². The Bertz CT molecular complexity index is 440. The van der Waals surface area contributed by atoms with Gasteiger partial charge < -0.3 is 5.73 Å². The quantitative estimate of drug-likeness (QED) is 0.774. The molecule has 0 fully saturated rings. The molecule has 2 rings (SSSR count). The van der Waals surface area contributed by atoms with Crippen molar-refractivity contribution in [2.45, 2.75) is 5.33 Å². The van der Waals surface area contributed by atoms with E-state index in [-0.39, 0.29) is 0 Å². The molecule has 0 aliphatic carbocycles. The maximum Gasteiger partial charge on any atom is 0.124 e. The molecular formula is C10H9BrN2. The topological polar surface area (TPSA) is 38.9 Å². The molecule has 1 aromatic heterocycles. The molecule has 0 amide bonds. The predicted molar refractivity (Wildman–Crippen MR) is 58.8 cm³/mol. The zero-order chi connectivity index (χ0) is 9.26. The van der Waals surface area contributed by atoms with Crippen LogP contribution in [0.3, 0.4) is 0 Å². The summed E-state index contributed by atoms with van der Waals surface area (Å²) >= 11 is 3.40. The number of pyridine rings is 1.